The lowest BCUT2D eigenvalue weighted by Gasteiger charge is -2.18. The molecule has 4 rings (SSSR count). The fraction of sp³-hybridized carbons (Fsp3) is 0. The standard InChI is InChI=1S/C21H11BrClNO3/c22-12-9-10-18(16(11-12)19(25)15-7-3-4-8-17(15)23)24-20(26)13-5-1-2-6-14(13)21(24)27/h1-11H. The maximum atomic E-state index is 13.1. The zero-order valence-electron chi connectivity index (χ0n) is 13.8. The van der Waals surface area contributed by atoms with Gasteiger partial charge in [0.15, 0.2) is 5.78 Å². The monoisotopic (exact) mass is 439 g/mol. The second-order valence-corrected chi connectivity index (χ2v) is 7.28. The molecule has 27 heavy (non-hydrogen) atoms. The first-order valence-corrected chi connectivity index (χ1v) is 9.22. The van der Waals surface area contributed by atoms with Crippen LogP contribution in [-0.2, 0) is 0 Å². The molecule has 1 aliphatic heterocycles. The van der Waals surface area contributed by atoms with Gasteiger partial charge in [-0.2, -0.15) is 0 Å². The smallest absolute Gasteiger partial charge is 0.266 e. The SMILES string of the molecule is O=C(c1ccccc1Cl)c1cc(Br)ccc1N1C(=O)c2ccccc2C1=O. The van der Waals surface area contributed by atoms with Gasteiger partial charge >= 0.3 is 0 Å². The zero-order valence-corrected chi connectivity index (χ0v) is 16.1. The van der Waals surface area contributed by atoms with E-state index in [2.05, 4.69) is 15.9 Å². The Hall–Kier alpha value is -2.76. The Balaban J connectivity index is 1.87. The van der Waals surface area contributed by atoms with Crippen LogP contribution in [0.5, 0.6) is 0 Å². The van der Waals surface area contributed by atoms with Gasteiger partial charge < -0.3 is 0 Å². The van der Waals surface area contributed by atoms with E-state index in [0.717, 1.165) is 4.90 Å². The topological polar surface area (TPSA) is 54.5 Å². The van der Waals surface area contributed by atoms with E-state index in [0.29, 0.717) is 26.2 Å². The van der Waals surface area contributed by atoms with Crippen LogP contribution in [0.15, 0.2) is 71.2 Å². The number of rotatable bonds is 3. The second-order valence-electron chi connectivity index (χ2n) is 5.96. The summed E-state index contributed by atoms with van der Waals surface area (Å²) in [6, 6.07) is 18.1. The predicted octanol–water partition coefficient (Wildman–Crippen LogP) is 5.13. The largest absolute Gasteiger partial charge is 0.288 e. The summed E-state index contributed by atoms with van der Waals surface area (Å²) in [7, 11) is 0. The van der Waals surface area contributed by atoms with E-state index in [1.165, 1.54) is 0 Å². The van der Waals surface area contributed by atoms with Crippen molar-refractivity contribution in [2.75, 3.05) is 4.90 Å². The van der Waals surface area contributed by atoms with Gasteiger partial charge in [-0.25, -0.2) is 4.90 Å². The lowest BCUT2D eigenvalue weighted by Crippen LogP contribution is -2.31. The molecule has 0 fully saturated rings. The number of anilines is 1. The predicted molar refractivity (Wildman–Crippen MR) is 107 cm³/mol. The summed E-state index contributed by atoms with van der Waals surface area (Å²) >= 11 is 9.52. The number of carbonyl (C=O) groups is 3. The van der Waals surface area contributed by atoms with Crippen LogP contribution < -0.4 is 4.90 Å². The lowest BCUT2D eigenvalue weighted by molar-refractivity contribution is 0.0926. The number of hydrogen-bond donors (Lipinski definition) is 0. The van der Waals surface area contributed by atoms with E-state index in [1.807, 2.05) is 0 Å². The van der Waals surface area contributed by atoms with Crippen molar-refractivity contribution in [3.8, 4) is 0 Å². The van der Waals surface area contributed by atoms with Crippen LogP contribution in [0.25, 0.3) is 0 Å². The van der Waals surface area contributed by atoms with Gasteiger partial charge in [-0.05, 0) is 42.5 Å². The number of benzene rings is 3. The summed E-state index contributed by atoms with van der Waals surface area (Å²) in [5.74, 6) is -1.27. The van der Waals surface area contributed by atoms with E-state index in [1.54, 1.807) is 66.7 Å². The molecule has 0 saturated heterocycles. The van der Waals surface area contributed by atoms with Crippen molar-refractivity contribution in [1.82, 2.24) is 0 Å². The average Bonchev–Trinajstić information content (AvgIpc) is 2.93. The first-order valence-electron chi connectivity index (χ1n) is 8.05. The molecule has 6 heteroatoms. The van der Waals surface area contributed by atoms with Crippen LogP contribution in [0.4, 0.5) is 5.69 Å². The fourth-order valence-corrected chi connectivity index (χ4v) is 3.67. The molecule has 0 N–H and O–H groups in total. The average molecular weight is 441 g/mol. The molecule has 0 bridgehead atoms. The Morgan fingerprint density at radius 3 is 2.04 bits per heavy atom. The molecule has 2 amide bonds. The number of carbonyl (C=O) groups excluding carboxylic acids is 3. The molecule has 0 saturated carbocycles. The van der Waals surface area contributed by atoms with Crippen molar-refractivity contribution in [3.05, 3.63) is 98.5 Å². The van der Waals surface area contributed by atoms with E-state index < -0.39 is 11.8 Å². The molecule has 0 aliphatic carbocycles. The van der Waals surface area contributed by atoms with Crippen LogP contribution in [0.1, 0.15) is 36.6 Å². The van der Waals surface area contributed by atoms with Crippen LogP contribution in [0, 0.1) is 0 Å². The minimum absolute atomic E-state index is 0.215. The Labute approximate surface area is 168 Å². The summed E-state index contributed by atoms with van der Waals surface area (Å²) in [4.78, 5) is 39.8. The number of imide groups is 1. The summed E-state index contributed by atoms with van der Waals surface area (Å²) < 4.78 is 0.651. The molecule has 3 aromatic carbocycles. The molecule has 132 valence electrons. The van der Waals surface area contributed by atoms with E-state index >= 15 is 0 Å². The molecule has 1 heterocycles. The molecule has 0 spiro atoms. The van der Waals surface area contributed by atoms with E-state index in [-0.39, 0.29) is 17.0 Å². The normalized spacial score (nSPS) is 13.0. The van der Waals surface area contributed by atoms with Crippen LogP contribution in [-0.4, -0.2) is 17.6 Å². The van der Waals surface area contributed by atoms with Crippen molar-refractivity contribution >= 4 is 50.8 Å². The fourth-order valence-electron chi connectivity index (χ4n) is 3.08. The third-order valence-corrected chi connectivity index (χ3v) is 5.18. The highest BCUT2D eigenvalue weighted by Gasteiger charge is 2.38. The number of amides is 2. The zero-order chi connectivity index (χ0) is 19.1. The number of nitrogens with zero attached hydrogens (tertiary/aromatic N) is 1. The van der Waals surface area contributed by atoms with Crippen molar-refractivity contribution < 1.29 is 14.4 Å². The van der Waals surface area contributed by atoms with Crippen molar-refractivity contribution in [1.29, 1.82) is 0 Å². The van der Waals surface area contributed by atoms with Gasteiger partial charge in [0.25, 0.3) is 11.8 Å². The third kappa shape index (κ3) is 2.89. The summed E-state index contributed by atoms with van der Waals surface area (Å²) in [5, 5.41) is 0.302. The summed E-state index contributed by atoms with van der Waals surface area (Å²) in [6.07, 6.45) is 0. The Kier molecular flexibility index (Phi) is 4.42. The number of hydrogen-bond acceptors (Lipinski definition) is 3. The second kappa shape index (κ2) is 6.76. The minimum atomic E-state index is -0.453. The molecule has 1 aliphatic rings. The number of fused-ring (bicyclic) bond motifs is 1. The maximum Gasteiger partial charge on any atom is 0.266 e. The van der Waals surface area contributed by atoms with Gasteiger partial charge in [0, 0.05) is 15.6 Å². The molecule has 4 nitrogen and oxygen atoms in total. The molecule has 0 radical (unpaired) electrons. The minimum Gasteiger partial charge on any atom is -0.288 e. The van der Waals surface area contributed by atoms with Crippen molar-refractivity contribution in [3.63, 3.8) is 0 Å². The highest BCUT2D eigenvalue weighted by molar-refractivity contribution is 9.10. The van der Waals surface area contributed by atoms with Gasteiger partial charge in [0.05, 0.1) is 21.8 Å². The maximum absolute atomic E-state index is 13.1. The van der Waals surface area contributed by atoms with Gasteiger partial charge in [0.1, 0.15) is 0 Å². The van der Waals surface area contributed by atoms with Gasteiger partial charge in [-0.15, -0.1) is 0 Å². The van der Waals surface area contributed by atoms with Gasteiger partial charge in [-0.3, -0.25) is 14.4 Å². The molecule has 0 aromatic heterocycles. The van der Waals surface area contributed by atoms with Crippen LogP contribution in [0.2, 0.25) is 5.02 Å². The summed E-state index contributed by atoms with van der Waals surface area (Å²) in [5.41, 5.74) is 1.39. The highest BCUT2D eigenvalue weighted by Crippen LogP contribution is 2.34. The van der Waals surface area contributed by atoms with Crippen molar-refractivity contribution in [2.24, 2.45) is 0 Å². The van der Waals surface area contributed by atoms with E-state index in [9.17, 15) is 14.4 Å². The number of ketones is 1. The van der Waals surface area contributed by atoms with Gasteiger partial charge in [-0.1, -0.05) is 51.8 Å². The summed E-state index contributed by atoms with van der Waals surface area (Å²) in [6.45, 7) is 0. The Bertz CT molecular complexity index is 1090. The van der Waals surface area contributed by atoms with Crippen LogP contribution in [0.3, 0.4) is 0 Å². The Morgan fingerprint density at radius 2 is 1.41 bits per heavy atom. The number of halogens is 2. The van der Waals surface area contributed by atoms with E-state index in [4.69, 9.17) is 11.6 Å². The van der Waals surface area contributed by atoms with Crippen LogP contribution >= 0.6 is 27.5 Å². The third-order valence-electron chi connectivity index (χ3n) is 4.36. The highest BCUT2D eigenvalue weighted by atomic mass is 79.9. The molecular formula is C21H11BrClNO3. The Morgan fingerprint density at radius 1 is 0.815 bits per heavy atom. The molecule has 0 atom stereocenters. The molecule has 3 aromatic rings. The van der Waals surface area contributed by atoms with Crippen molar-refractivity contribution in [2.45, 2.75) is 0 Å². The molecule has 0 unspecified atom stereocenters. The van der Waals surface area contributed by atoms with Gasteiger partial charge in [0.2, 0.25) is 0 Å². The first kappa shape index (κ1) is 17.6. The quantitative estimate of drug-likeness (QED) is 0.419. The lowest BCUT2D eigenvalue weighted by atomic mass is 10.0. The first-order chi connectivity index (χ1) is 13.0. The molecular weight excluding hydrogens is 430 g/mol.